The third-order valence-corrected chi connectivity index (χ3v) is 7.46. The van der Waals surface area contributed by atoms with E-state index in [2.05, 4.69) is 0 Å². The van der Waals surface area contributed by atoms with Gasteiger partial charge >= 0.3 is 0 Å². The molecular formula is C24H27NO5S. The Balaban J connectivity index is 1.57. The van der Waals surface area contributed by atoms with Gasteiger partial charge in [0, 0.05) is 23.5 Å². The highest BCUT2D eigenvalue weighted by atomic mass is 32.2. The third kappa shape index (κ3) is 4.93. The zero-order chi connectivity index (χ0) is 22.0. The van der Waals surface area contributed by atoms with E-state index in [1.54, 1.807) is 11.2 Å². The minimum Gasteiger partial charge on any atom is -0.494 e. The Morgan fingerprint density at radius 2 is 1.97 bits per heavy atom. The number of amides is 1. The number of fused-ring (bicyclic) bond motifs is 1. The van der Waals surface area contributed by atoms with Crippen LogP contribution in [0.2, 0.25) is 0 Å². The standard InChI is InChI=1S/C24H27NO5S/c1-3-29-21-7-5-18(6-8-21)14-25(20-10-11-31(27,28)16-20)24(26)13-19-15-30-23-12-17(2)4-9-22(19)23/h4-9,12,15,20H,3,10-11,13-14,16H2,1-2H3. The van der Waals surface area contributed by atoms with Gasteiger partial charge in [0.2, 0.25) is 5.91 Å². The van der Waals surface area contributed by atoms with Gasteiger partial charge in [0.15, 0.2) is 9.84 Å². The lowest BCUT2D eigenvalue weighted by molar-refractivity contribution is -0.133. The number of furan rings is 1. The molecule has 0 radical (unpaired) electrons. The third-order valence-electron chi connectivity index (χ3n) is 5.71. The molecule has 2 heterocycles. The molecular weight excluding hydrogens is 414 g/mol. The van der Waals surface area contributed by atoms with Crippen LogP contribution in [0.5, 0.6) is 5.75 Å². The molecule has 0 N–H and O–H groups in total. The van der Waals surface area contributed by atoms with Crippen molar-refractivity contribution in [3.63, 3.8) is 0 Å². The van der Waals surface area contributed by atoms with E-state index in [-0.39, 0.29) is 29.9 Å². The first-order valence-electron chi connectivity index (χ1n) is 10.5. The van der Waals surface area contributed by atoms with Crippen molar-refractivity contribution in [2.45, 2.75) is 39.3 Å². The number of carbonyl (C=O) groups is 1. The van der Waals surface area contributed by atoms with Gasteiger partial charge in [-0.1, -0.05) is 24.3 Å². The van der Waals surface area contributed by atoms with E-state index in [0.717, 1.165) is 33.4 Å². The van der Waals surface area contributed by atoms with Crippen molar-refractivity contribution < 1.29 is 22.4 Å². The van der Waals surface area contributed by atoms with Gasteiger partial charge in [-0.2, -0.15) is 0 Å². The molecule has 1 atom stereocenters. The monoisotopic (exact) mass is 441 g/mol. The van der Waals surface area contributed by atoms with E-state index >= 15 is 0 Å². The van der Waals surface area contributed by atoms with Gasteiger partial charge in [-0.25, -0.2) is 8.42 Å². The van der Waals surface area contributed by atoms with Crippen molar-refractivity contribution in [2.24, 2.45) is 0 Å². The molecule has 2 aromatic carbocycles. The Hall–Kier alpha value is -2.80. The van der Waals surface area contributed by atoms with Crippen LogP contribution in [0.15, 0.2) is 53.1 Å². The number of sulfone groups is 1. The molecule has 0 saturated carbocycles. The van der Waals surface area contributed by atoms with E-state index in [1.807, 2.05) is 56.3 Å². The normalized spacial score (nSPS) is 17.7. The summed E-state index contributed by atoms with van der Waals surface area (Å²) in [6, 6.07) is 13.2. The van der Waals surface area contributed by atoms with Crippen LogP contribution in [0.25, 0.3) is 11.0 Å². The number of hydrogen-bond acceptors (Lipinski definition) is 5. The highest BCUT2D eigenvalue weighted by Gasteiger charge is 2.34. The lowest BCUT2D eigenvalue weighted by atomic mass is 10.1. The summed E-state index contributed by atoms with van der Waals surface area (Å²) in [5, 5.41) is 0.916. The Kier molecular flexibility index (Phi) is 6.05. The molecule has 1 aliphatic rings. The topological polar surface area (TPSA) is 76.8 Å². The summed E-state index contributed by atoms with van der Waals surface area (Å²) in [5.74, 6) is 0.812. The average molecular weight is 442 g/mol. The predicted octanol–water partition coefficient (Wildman–Crippen LogP) is 3.90. The summed E-state index contributed by atoms with van der Waals surface area (Å²) in [5.41, 5.74) is 3.60. The Morgan fingerprint density at radius 1 is 1.19 bits per heavy atom. The molecule has 164 valence electrons. The van der Waals surface area contributed by atoms with E-state index in [0.29, 0.717) is 19.6 Å². The lowest BCUT2D eigenvalue weighted by Crippen LogP contribution is -2.41. The average Bonchev–Trinajstić information content (AvgIpc) is 3.29. The van der Waals surface area contributed by atoms with Gasteiger partial charge in [-0.15, -0.1) is 0 Å². The van der Waals surface area contributed by atoms with E-state index in [4.69, 9.17) is 9.15 Å². The van der Waals surface area contributed by atoms with E-state index in [1.165, 1.54) is 0 Å². The lowest BCUT2D eigenvalue weighted by Gasteiger charge is -2.28. The smallest absolute Gasteiger partial charge is 0.227 e. The number of carbonyl (C=O) groups excluding carboxylic acids is 1. The summed E-state index contributed by atoms with van der Waals surface area (Å²) in [7, 11) is -3.11. The van der Waals surface area contributed by atoms with Gasteiger partial charge in [-0.05, 0) is 49.6 Å². The second-order valence-electron chi connectivity index (χ2n) is 8.09. The molecule has 0 aliphatic carbocycles. The number of rotatable bonds is 7. The number of nitrogens with zero attached hydrogens (tertiary/aromatic N) is 1. The summed E-state index contributed by atoms with van der Waals surface area (Å²) < 4.78 is 35.3. The molecule has 6 nitrogen and oxygen atoms in total. The summed E-state index contributed by atoms with van der Waals surface area (Å²) in [6.07, 6.45) is 2.27. The van der Waals surface area contributed by atoms with Crippen LogP contribution in [0.1, 0.15) is 30.0 Å². The van der Waals surface area contributed by atoms with Crippen LogP contribution in [0, 0.1) is 6.92 Å². The molecule has 1 saturated heterocycles. The number of benzene rings is 2. The fourth-order valence-electron chi connectivity index (χ4n) is 4.09. The van der Waals surface area contributed by atoms with Gasteiger partial charge in [-0.3, -0.25) is 4.79 Å². The van der Waals surface area contributed by atoms with Crippen molar-refractivity contribution in [2.75, 3.05) is 18.1 Å². The largest absolute Gasteiger partial charge is 0.494 e. The first-order valence-corrected chi connectivity index (χ1v) is 12.3. The zero-order valence-electron chi connectivity index (χ0n) is 17.8. The Bertz CT molecular complexity index is 1180. The Morgan fingerprint density at radius 3 is 2.65 bits per heavy atom. The highest BCUT2D eigenvalue weighted by Crippen LogP contribution is 2.26. The molecule has 1 aliphatic heterocycles. The number of hydrogen-bond donors (Lipinski definition) is 0. The first-order chi connectivity index (χ1) is 14.8. The van der Waals surface area contributed by atoms with Crippen LogP contribution in [-0.4, -0.2) is 43.4 Å². The van der Waals surface area contributed by atoms with E-state index in [9.17, 15) is 13.2 Å². The molecule has 4 rings (SSSR count). The van der Waals surface area contributed by atoms with Gasteiger partial charge in [0.1, 0.15) is 11.3 Å². The summed E-state index contributed by atoms with van der Waals surface area (Å²) >= 11 is 0. The predicted molar refractivity (Wildman–Crippen MR) is 120 cm³/mol. The number of ether oxygens (including phenoxy) is 1. The zero-order valence-corrected chi connectivity index (χ0v) is 18.7. The molecule has 1 amide bonds. The van der Waals surface area contributed by atoms with Crippen molar-refractivity contribution in [3.8, 4) is 5.75 Å². The first kappa shape index (κ1) is 21.4. The van der Waals surface area contributed by atoms with Crippen molar-refractivity contribution >= 4 is 26.7 Å². The van der Waals surface area contributed by atoms with Gasteiger partial charge in [0.25, 0.3) is 0 Å². The van der Waals surface area contributed by atoms with Crippen molar-refractivity contribution in [1.29, 1.82) is 0 Å². The molecule has 0 bridgehead atoms. The summed E-state index contributed by atoms with van der Waals surface area (Å²) in [4.78, 5) is 15.1. The fraction of sp³-hybridized carbons (Fsp3) is 0.375. The van der Waals surface area contributed by atoms with Crippen LogP contribution in [0.4, 0.5) is 0 Å². The van der Waals surface area contributed by atoms with Gasteiger partial charge in [0.05, 0.1) is 30.8 Å². The maximum Gasteiger partial charge on any atom is 0.227 e. The van der Waals surface area contributed by atoms with Crippen LogP contribution < -0.4 is 4.74 Å². The SMILES string of the molecule is CCOc1ccc(CN(C(=O)Cc2coc3cc(C)ccc23)C2CCS(=O)(=O)C2)cc1. The van der Waals surface area contributed by atoms with Crippen LogP contribution in [-0.2, 0) is 27.6 Å². The van der Waals surface area contributed by atoms with Crippen LogP contribution in [0.3, 0.4) is 0 Å². The maximum atomic E-state index is 13.4. The fourth-order valence-corrected chi connectivity index (χ4v) is 5.82. The Labute approximate surface area is 182 Å². The molecule has 1 unspecified atom stereocenters. The van der Waals surface area contributed by atoms with E-state index < -0.39 is 9.84 Å². The second kappa shape index (κ2) is 8.75. The molecule has 3 aromatic rings. The molecule has 7 heteroatoms. The second-order valence-corrected chi connectivity index (χ2v) is 10.3. The minimum absolute atomic E-state index is 0.0150. The number of aryl methyl sites for hydroxylation is 1. The summed E-state index contributed by atoms with van der Waals surface area (Å²) in [6.45, 7) is 4.87. The molecule has 1 fully saturated rings. The minimum atomic E-state index is -3.11. The van der Waals surface area contributed by atoms with Crippen molar-refractivity contribution in [1.82, 2.24) is 4.90 Å². The quantitative estimate of drug-likeness (QED) is 0.556. The molecule has 1 aromatic heterocycles. The highest BCUT2D eigenvalue weighted by molar-refractivity contribution is 7.91. The van der Waals surface area contributed by atoms with Crippen molar-refractivity contribution in [3.05, 3.63) is 65.4 Å². The maximum absolute atomic E-state index is 13.4. The van der Waals surface area contributed by atoms with Gasteiger partial charge < -0.3 is 14.1 Å². The van der Waals surface area contributed by atoms with Crippen LogP contribution >= 0.6 is 0 Å². The molecule has 0 spiro atoms. The molecule has 31 heavy (non-hydrogen) atoms.